The molecule has 0 atom stereocenters. The molecule has 2 heterocycles. The van der Waals surface area contributed by atoms with Crippen LogP contribution in [0.5, 0.6) is 0 Å². The van der Waals surface area contributed by atoms with Crippen molar-refractivity contribution in [1.29, 1.82) is 0 Å². The largest absolute Gasteiger partial charge is 0.383 e. The van der Waals surface area contributed by atoms with Crippen LogP contribution in [-0.2, 0) is 12.8 Å². The van der Waals surface area contributed by atoms with Gasteiger partial charge < -0.3 is 5.73 Å². The predicted molar refractivity (Wildman–Crippen MR) is 86.4 cm³/mol. The first-order valence-corrected chi connectivity index (χ1v) is 7.82. The number of nitrogens with two attached hydrogens (primary N) is 1. The highest BCUT2D eigenvalue weighted by molar-refractivity contribution is 7.17. The van der Waals surface area contributed by atoms with Crippen molar-refractivity contribution in [3.63, 3.8) is 0 Å². The maximum atomic E-state index is 6.34. The van der Waals surface area contributed by atoms with E-state index in [4.69, 9.17) is 10.7 Å². The summed E-state index contributed by atoms with van der Waals surface area (Å²) >= 11 is 1.71. The smallest absolute Gasteiger partial charge is 0.196 e. The van der Waals surface area contributed by atoms with Gasteiger partial charge in [-0.3, -0.25) is 4.40 Å². The molecule has 0 aliphatic carbocycles. The summed E-state index contributed by atoms with van der Waals surface area (Å²) in [6, 6.07) is 8.52. The average Bonchev–Trinajstić information content (AvgIpc) is 2.95. The number of aromatic nitrogens is 2. The fourth-order valence-electron chi connectivity index (χ4n) is 2.61. The van der Waals surface area contributed by atoms with E-state index in [0.29, 0.717) is 0 Å². The third-order valence-corrected chi connectivity index (χ3v) is 4.77. The van der Waals surface area contributed by atoms with Crippen molar-refractivity contribution < 1.29 is 0 Å². The molecule has 0 radical (unpaired) electrons. The molecule has 20 heavy (non-hydrogen) atoms. The van der Waals surface area contributed by atoms with Crippen LogP contribution in [0.15, 0.2) is 24.3 Å². The van der Waals surface area contributed by atoms with Gasteiger partial charge in [0, 0.05) is 16.1 Å². The molecule has 0 aliphatic rings. The van der Waals surface area contributed by atoms with Crippen molar-refractivity contribution in [1.82, 2.24) is 9.38 Å². The topological polar surface area (TPSA) is 43.3 Å². The van der Waals surface area contributed by atoms with Gasteiger partial charge in [0.25, 0.3) is 0 Å². The van der Waals surface area contributed by atoms with Crippen LogP contribution in [0.25, 0.3) is 16.2 Å². The van der Waals surface area contributed by atoms with Gasteiger partial charge in [-0.05, 0) is 25.3 Å². The molecule has 0 saturated carbocycles. The fourth-order valence-corrected chi connectivity index (χ4v) is 3.68. The monoisotopic (exact) mass is 285 g/mol. The van der Waals surface area contributed by atoms with E-state index in [0.717, 1.165) is 34.9 Å². The molecule has 3 rings (SSSR count). The fraction of sp³-hybridized carbons (Fsp3) is 0.312. The van der Waals surface area contributed by atoms with Crippen molar-refractivity contribution in [2.75, 3.05) is 5.73 Å². The van der Waals surface area contributed by atoms with E-state index in [9.17, 15) is 0 Å². The predicted octanol–water partition coefficient (Wildman–Crippen LogP) is 4.08. The van der Waals surface area contributed by atoms with Crippen molar-refractivity contribution in [3.05, 3.63) is 40.4 Å². The zero-order valence-electron chi connectivity index (χ0n) is 12.1. The summed E-state index contributed by atoms with van der Waals surface area (Å²) in [7, 11) is 0. The lowest BCUT2D eigenvalue weighted by molar-refractivity contribution is 0.994. The number of aryl methyl sites for hydroxylation is 3. The van der Waals surface area contributed by atoms with Gasteiger partial charge in [-0.2, -0.15) is 0 Å². The Morgan fingerprint density at radius 1 is 1.15 bits per heavy atom. The Morgan fingerprint density at radius 3 is 2.45 bits per heavy atom. The van der Waals surface area contributed by atoms with Crippen molar-refractivity contribution in [3.8, 4) is 11.3 Å². The molecule has 4 heteroatoms. The number of benzene rings is 1. The van der Waals surface area contributed by atoms with E-state index in [-0.39, 0.29) is 0 Å². The SMILES string of the molecule is CCc1ccc(-c2nc3sc(C)c(CC)n3c2N)cc1. The quantitative estimate of drug-likeness (QED) is 0.788. The molecule has 3 nitrogen and oxygen atoms in total. The van der Waals surface area contributed by atoms with E-state index >= 15 is 0 Å². The zero-order chi connectivity index (χ0) is 14.3. The third-order valence-electron chi connectivity index (χ3n) is 3.77. The Kier molecular flexibility index (Phi) is 3.26. The molecule has 0 aliphatic heterocycles. The van der Waals surface area contributed by atoms with Crippen molar-refractivity contribution in [2.45, 2.75) is 33.6 Å². The highest BCUT2D eigenvalue weighted by Crippen LogP contribution is 2.32. The third kappa shape index (κ3) is 1.91. The molecular weight excluding hydrogens is 266 g/mol. The number of rotatable bonds is 3. The zero-order valence-corrected chi connectivity index (χ0v) is 12.9. The summed E-state index contributed by atoms with van der Waals surface area (Å²) in [6.07, 6.45) is 2.02. The average molecular weight is 285 g/mol. The van der Waals surface area contributed by atoms with Gasteiger partial charge in [-0.25, -0.2) is 4.98 Å². The number of hydrogen-bond acceptors (Lipinski definition) is 3. The lowest BCUT2D eigenvalue weighted by Crippen LogP contribution is -1.98. The molecule has 0 saturated heterocycles. The lowest BCUT2D eigenvalue weighted by Gasteiger charge is -2.03. The van der Waals surface area contributed by atoms with Gasteiger partial charge in [0.05, 0.1) is 0 Å². The number of nitrogen functional groups attached to an aromatic ring is 1. The van der Waals surface area contributed by atoms with Crippen LogP contribution in [-0.4, -0.2) is 9.38 Å². The first-order valence-electron chi connectivity index (χ1n) is 7.01. The van der Waals surface area contributed by atoms with E-state index < -0.39 is 0 Å². The summed E-state index contributed by atoms with van der Waals surface area (Å²) in [5, 5.41) is 0. The first-order chi connectivity index (χ1) is 9.65. The van der Waals surface area contributed by atoms with Gasteiger partial charge in [0.1, 0.15) is 11.5 Å². The van der Waals surface area contributed by atoms with Crippen LogP contribution in [0.4, 0.5) is 5.82 Å². The highest BCUT2D eigenvalue weighted by atomic mass is 32.1. The van der Waals surface area contributed by atoms with Crippen LogP contribution < -0.4 is 5.73 Å². The summed E-state index contributed by atoms with van der Waals surface area (Å²) in [5.74, 6) is 0.755. The number of thiazole rings is 1. The Bertz CT molecular complexity index is 750. The van der Waals surface area contributed by atoms with Crippen LogP contribution in [0, 0.1) is 6.92 Å². The van der Waals surface area contributed by atoms with Crippen LogP contribution in [0.3, 0.4) is 0 Å². The molecule has 0 spiro atoms. The second-order valence-corrected chi connectivity index (χ2v) is 6.15. The molecule has 104 valence electrons. The molecule has 0 fully saturated rings. The molecule has 1 aromatic carbocycles. The second-order valence-electron chi connectivity index (χ2n) is 4.97. The highest BCUT2D eigenvalue weighted by Gasteiger charge is 2.17. The Labute approximate surface area is 123 Å². The number of fused-ring (bicyclic) bond motifs is 1. The summed E-state index contributed by atoms with van der Waals surface area (Å²) in [5.41, 5.74) is 10.9. The molecule has 0 amide bonds. The minimum Gasteiger partial charge on any atom is -0.383 e. The standard InChI is InChI=1S/C16H19N3S/c1-4-11-6-8-12(9-7-11)14-15(17)19-13(5-2)10(3)20-16(19)18-14/h6-9H,4-5,17H2,1-3H3. The molecular formula is C16H19N3S. The van der Waals surface area contributed by atoms with Gasteiger partial charge in [0.2, 0.25) is 0 Å². The number of nitrogens with zero attached hydrogens (tertiary/aromatic N) is 2. The van der Waals surface area contributed by atoms with Crippen LogP contribution >= 0.6 is 11.3 Å². The Hall–Kier alpha value is -1.81. The van der Waals surface area contributed by atoms with E-state index in [2.05, 4.69) is 49.4 Å². The minimum atomic E-state index is 0.755. The molecule has 0 bridgehead atoms. The van der Waals surface area contributed by atoms with Gasteiger partial charge >= 0.3 is 0 Å². The molecule has 2 aromatic heterocycles. The number of hydrogen-bond donors (Lipinski definition) is 1. The maximum absolute atomic E-state index is 6.34. The minimum absolute atomic E-state index is 0.755. The van der Waals surface area contributed by atoms with Crippen LogP contribution in [0.2, 0.25) is 0 Å². The summed E-state index contributed by atoms with van der Waals surface area (Å²) < 4.78 is 2.10. The van der Waals surface area contributed by atoms with Gasteiger partial charge in [-0.1, -0.05) is 38.1 Å². The van der Waals surface area contributed by atoms with Gasteiger partial charge in [0.15, 0.2) is 4.96 Å². The molecule has 0 unspecified atom stereocenters. The Balaban J connectivity index is 2.16. The summed E-state index contributed by atoms with van der Waals surface area (Å²) in [6.45, 7) is 6.45. The van der Waals surface area contributed by atoms with Crippen LogP contribution in [0.1, 0.15) is 30.0 Å². The first kappa shape index (κ1) is 13.2. The van der Waals surface area contributed by atoms with E-state index in [1.54, 1.807) is 11.3 Å². The van der Waals surface area contributed by atoms with Gasteiger partial charge in [-0.15, -0.1) is 11.3 Å². The lowest BCUT2D eigenvalue weighted by atomic mass is 10.1. The number of imidazole rings is 1. The van der Waals surface area contributed by atoms with E-state index in [1.165, 1.54) is 16.1 Å². The normalized spacial score (nSPS) is 11.3. The van der Waals surface area contributed by atoms with Crippen molar-refractivity contribution >= 4 is 22.1 Å². The second kappa shape index (κ2) is 4.94. The van der Waals surface area contributed by atoms with Crippen molar-refractivity contribution in [2.24, 2.45) is 0 Å². The Morgan fingerprint density at radius 2 is 1.85 bits per heavy atom. The maximum Gasteiger partial charge on any atom is 0.196 e. The molecule has 3 aromatic rings. The molecule has 2 N–H and O–H groups in total. The van der Waals surface area contributed by atoms with E-state index in [1.807, 2.05) is 0 Å². The summed E-state index contributed by atoms with van der Waals surface area (Å²) in [4.78, 5) is 7.02. The number of anilines is 1.